The lowest BCUT2D eigenvalue weighted by Crippen LogP contribution is -2.29. The lowest BCUT2D eigenvalue weighted by atomic mass is 9.69. The van der Waals surface area contributed by atoms with Gasteiger partial charge >= 0.3 is 12.8 Å². The van der Waals surface area contributed by atoms with Gasteiger partial charge in [0.1, 0.15) is 12.0 Å². The molecule has 1 saturated heterocycles. The van der Waals surface area contributed by atoms with Crippen molar-refractivity contribution in [3.63, 3.8) is 0 Å². The Morgan fingerprint density at radius 3 is 2.83 bits per heavy atom. The van der Waals surface area contributed by atoms with Gasteiger partial charge in [-0.1, -0.05) is 0 Å². The van der Waals surface area contributed by atoms with Crippen LogP contribution in [0.3, 0.4) is 0 Å². The number of aliphatic hydroxyl groups excluding tert-OH is 1. The molecule has 98 valence electrons. The van der Waals surface area contributed by atoms with Crippen LogP contribution >= 0.6 is 0 Å². The molecule has 0 aromatic carbocycles. The summed E-state index contributed by atoms with van der Waals surface area (Å²) in [5.74, 6) is -0.545. The maximum absolute atomic E-state index is 11.6. The van der Waals surface area contributed by atoms with Crippen molar-refractivity contribution < 1.29 is 19.9 Å². The fourth-order valence-corrected chi connectivity index (χ4v) is 2.06. The van der Waals surface area contributed by atoms with Crippen molar-refractivity contribution in [2.24, 2.45) is 0 Å². The summed E-state index contributed by atoms with van der Waals surface area (Å²) >= 11 is 0. The van der Waals surface area contributed by atoms with Crippen molar-refractivity contribution in [1.82, 2.24) is 9.55 Å². The molecule has 1 fully saturated rings. The van der Waals surface area contributed by atoms with Gasteiger partial charge in [-0.3, -0.25) is 4.57 Å². The number of rotatable bonds is 3. The van der Waals surface area contributed by atoms with Gasteiger partial charge in [0.25, 0.3) is 0 Å². The molecule has 0 unspecified atom stereocenters. The standard InChI is InChI=1S/C9H14BN3O5/c11-7-1-2-13(9(15)12-7)8-3-5(10(16)17)6(4-14)18-8/h1-2,5-6,8,14,16-17H,3-4H2,(H2,11,12,15)/t5-,6+,8+/m0/s1. The molecule has 0 bridgehead atoms. The first-order valence-corrected chi connectivity index (χ1v) is 5.50. The van der Waals surface area contributed by atoms with Gasteiger partial charge in [-0.05, 0) is 12.5 Å². The molecule has 1 aliphatic heterocycles. The van der Waals surface area contributed by atoms with Gasteiger partial charge in [0, 0.05) is 12.0 Å². The number of aliphatic hydroxyl groups is 1. The van der Waals surface area contributed by atoms with Crippen LogP contribution in [0.2, 0.25) is 5.82 Å². The monoisotopic (exact) mass is 255 g/mol. The molecular weight excluding hydrogens is 241 g/mol. The Kier molecular flexibility index (Phi) is 3.67. The summed E-state index contributed by atoms with van der Waals surface area (Å²) in [7, 11) is -1.61. The maximum Gasteiger partial charge on any atom is 0.457 e. The fraction of sp³-hybridized carbons (Fsp3) is 0.556. The van der Waals surface area contributed by atoms with E-state index in [0.717, 1.165) is 0 Å². The lowest BCUT2D eigenvalue weighted by molar-refractivity contribution is -0.0256. The highest BCUT2D eigenvalue weighted by Crippen LogP contribution is 2.37. The quantitative estimate of drug-likeness (QED) is 0.457. The number of nitrogen functional groups attached to an aromatic ring is 1. The Hall–Kier alpha value is -1.42. The Balaban J connectivity index is 2.23. The van der Waals surface area contributed by atoms with Crippen LogP contribution in [0.25, 0.3) is 0 Å². The molecule has 8 nitrogen and oxygen atoms in total. The summed E-state index contributed by atoms with van der Waals surface area (Å²) in [5, 5.41) is 27.4. The van der Waals surface area contributed by atoms with E-state index in [4.69, 9.17) is 15.6 Å². The minimum atomic E-state index is -1.61. The van der Waals surface area contributed by atoms with Crippen molar-refractivity contribution >= 4 is 12.9 Å². The third kappa shape index (κ3) is 2.39. The van der Waals surface area contributed by atoms with Crippen LogP contribution in [0, 0.1) is 0 Å². The van der Waals surface area contributed by atoms with Crippen molar-refractivity contribution in [2.45, 2.75) is 24.6 Å². The Bertz CT molecular complexity index is 480. The molecule has 1 aliphatic rings. The zero-order valence-electron chi connectivity index (χ0n) is 9.51. The summed E-state index contributed by atoms with van der Waals surface area (Å²) < 4.78 is 6.61. The SMILES string of the molecule is Nc1ccn([C@H]2C[C@H](B(O)O)[C@@H](CO)O2)c(=O)n1. The molecular formula is C9H14BN3O5. The zero-order chi connectivity index (χ0) is 13.3. The third-order valence-corrected chi connectivity index (χ3v) is 3.01. The first-order valence-electron chi connectivity index (χ1n) is 5.50. The minimum absolute atomic E-state index is 0.103. The molecule has 0 radical (unpaired) electrons. The topological polar surface area (TPSA) is 131 Å². The molecule has 18 heavy (non-hydrogen) atoms. The van der Waals surface area contributed by atoms with Crippen LogP contribution in [-0.2, 0) is 4.74 Å². The molecule has 5 N–H and O–H groups in total. The number of hydrogen-bond acceptors (Lipinski definition) is 7. The minimum Gasteiger partial charge on any atom is -0.427 e. The normalized spacial score (nSPS) is 27.4. The number of anilines is 1. The highest BCUT2D eigenvalue weighted by molar-refractivity contribution is 6.43. The van der Waals surface area contributed by atoms with Crippen molar-refractivity contribution in [3.8, 4) is 0 Å². The van der Waals surface area contributed by atoms with Gasteiger partial charge in [-0.15, -0.1) is 0 Å². The first-order chi connectivity index (χ1) is 8.52. The number of nitrogens with zero attached hydrogens (tertiary/aromatic N) is 2. The summed E-state index contributed by atoms with van der Waals surface area (Å²) in [5.41, 5.74) is 4.79. The molecule has 1 aromatic rings. The summed E-state index contributed by atoms with van der Waals surface area (Å²) in [6.45, 7) is -0.351. The Morgan fingerprint density at radius 1 is 1.61 bits per heavy atom. The molecule has 0 aliphatic carbocycles. The van der Waals surface area contributed by atoms with E-state index in [2.05, 4.69) is 4.98 Å². The molecule has 0 spiro atoms. The lowest BCUT2D eigenvalue weighted by Gasteiger charge is -2.15. The van der Waals surface area contributed by atoms with Gasteiger partial charge in [0.05, 0.1) is 12.7 Å². The first kappa shape index (κ1) is 13.0. The van der Waals surface area contributed by atoms with Crippen LogP contribution in [-0.4, -0.2) is 44.5 Å². The summed E-state index contributed by atoms with van der Waals surface area (Å²) in [6.07, 6.45) is 0.221. The van der Waals surface area contributed by atoms with Crippen LogP contribution < -0.4 is 11.4 Å². The molecule has 0 amide bonds. The van der Waals surface area contributed by atoms with Crippen molar-refractivity contribution in [3.05, 3.63) is 22.7 Å². The van der Waals surface area contributed by atoms with E-state index in [-0.39, 0.29) is 18.8 Å². The second kappa shape index (κ2) is 5.06. The highest BCUT2D eigenvalue weighted by Gasteiger charge is 2.42. The average molecular weight is 255 g/mol. The molecule has 2 heterocycles. The van der Waals surface area contributed by atoms with E-state index >= 15 is 0 Å². The van der Waals surface area contributed by atoms with E-state index < -0.39 is 31.0 Å². The van der Waals surface area contributed by atoms with E-state index in [1.165, 1.54) is 16.8 Å². The van der Waals surface area contributed by atoms with Crippen LogP contribution in [0.4, 0.5) is 5.82 Å². The number of ether oxygens (including phenoxy) is 1. The predicted octanol–water partition coefficient (Wildman–Crippen LogP) is -2.05. The smallest absolute Gasteiger partial charge is 0.427 e. The summed E-state index contributed by atoms with van der Waals surface area (Å²) in [4.78, 5) is 15.2. The van der Waals surface area contributed by atoms with Crippen LogP contribution in [0.5, 0.6) is 0 Å². The molecule has 3 atom stereocenters. The molecule has 1 aromatic heterocycles. The van der Waals surface area contributed by atoms with Gasteiger partial charge in [-0.2, -0.15) is 4.98 Å². The Morgan fingerprint density at radius 2 is 2.33 bits per heavy atom. The molecule has 9 heteroatoms. The second-order valence-corrected chi connectivity index (χ2v) is 4.17. The van der Waals surface area contributed by atoms with Gasteiger partial charge in [-0.25, -0.2) is 4.79 Å². The Labute approximate surface area is 103 Å². The highest BCUT2D eigenvalue weighted by atomic mass is 16.5. The van der Waals surface area contributed by atoms with Gasteiger partial charge < -0.3 is 25.6 Å². The van der Waals surface area contributed by atoms with Gasteiger partial charge in [0.2, 0.25) is 0 Å². The maximum atomic E-state index is 11.6. The fourth-order valence-electron chi connectivity index (χ4n) is 2.06. The number of hydrogen-bond donors (Lipinski definition) is 4. The molecule has 2 rings (SSSR count). The van der Waals surface area contributed by atoms with E-state index in [9.17, 15) is 14.8 Å². The van der Waals surface area contributed by atoms with Crippen LogP contribution in [0.1, 0.15) is 12.6 Å². The van der Waals surface area contributed by atoms with Gasteiger partial charge in [0.15, 0.2) is 0 Å². The second-order valence-electron chi connectivity index (χ2n) is 4.17. The van der Waals surface area contributed by atoms with E-state index in [1.54, 1.807) is 0 Å². The average Bonchev–Trinajstić information content (AvgIpc) is 2.73. The third-order valence-electron chi connectivity index (χ3n) is 3.01. The number of aromatic nitrogens is 2. The largest absolute Gasteiger partial charge is 0.457 e. The van der Waals surface area contributed by atoms with Crippen molar-refractivity contribution in [2.75, 3.05) is 12.3 Å². The zero-order valence-corrected chi connectivity index (χ0v) is 9.51. The summed E-state index contributed by atoms with van der Waals surface area (Å²) in [6, 6.07) is 1.45. The van der Waals surface area contributed by atoms with E-state index in [0.29, 0.717) is 0 Å². The van der Waals surface area contributed by atoms with E-state index in [1.807, 2.05) is 0 Å². The number of nitrogens with two attached hydrogens (primary N) is 1. The van der Waals surface area contributed by atoms with Crippen LogP contribution in [0.15, 0.2) is 17.1 Å². The molecule has 0 saturated carbocycles. The van der Waals surface area contributed by atoms with Crippen molar-refractivity contribution in [1.29, 1.82) is 0 Å². The predicted molar refractivity (Wildman–Crippen MR) is 62.5 cm³/mol.